The highest BCUT2D eigenvalue weighted by Gasteiger charge is 2.34. The van der Waals surface area contributed by atoms with Crippen molar-refractivity contribution in [3.63, 3.8) is 0 Å². The second-order valence-electron chi connectivity index (χ2n) is 6.96. The van der Waals surface area contributed by atoms with E-state index >= 15 is 0 Å². The Kier molecular flexibility index (Phi) is 5.10. The molecule has 2 rings (SSSR count). The summed E-state index contributed by atoms with van der Waals surface area (Å²) in [5.74, 6) is 0.359. The summed E-state index contributed by atoms with van der Waals surface area (Å²) in [4.78, 5) is 0. The van der Waals surface area contributed by atoms with E-state index in [1.807, 2.05) is 0 Å². The maximum absolute atomic E-state index is 12.5. The van der Waals surface area contributed by atoms with Crippen molar-refractivity contribution in [1.82, 2.24) is 4.31 Å². The number of ether oxygens (including phenoxy) is 1. The summed E-state index contributed by atoms with van der Waals surface area (Å²) in [6.45, 7) is 7.08. The van der Waals surface area contributed by atoms with Crippen molar-refractivity contribution in [3.05, 3.63) is 0 Å². The molecule has 0 saturated carbocycles. The second kappa shape index (κ2) is 6.30. The number of rotatable bonds is 4. The molecule has 2 N–H and O–H groups in total. The lowest BCUT2D eigenvalue weighted by molar-refractivity contribution is 0.0604. The summed E-state index contributed by atoms with van der Waals surface area (Å²) in [6.07, 6.45) is 3.62. The van der Waals surface area contributed by atoms with Crippen LogP contribution in [0.1, 0.15) is 39.5 Å². The van der Waals surface area contributed by atoms with Crippen LogP contribution in [0.4, 0.5) is 0 Å². The molecule has 0 bridgehead atoms. The summed E-state index contributed by atoms with van der Waals surface area (Å²) in [7, 11) is -3.21. The number of hydrogen-bond donors (Lipinski definition) is 1. The molecule has 0 aromatic rings. The van der Waals surface area contributed by atoms with Gasteiger partial charge in [0.2, 0.25) is 10.0 Å². The Bertz CT molecular complexity index is 406. The monoisotopic (exact) mass is 304 g/mol. The Labute approximate surface area is 122 Å². The van der Waals surface area contributed by atoms with Gasteiger partial charge < -0.3 is 10.5 Å². The van der Waals surface area contributed by atoms with Crippen LogP contribution in [0.5, 0.6) is 0 Å². The van der Waals surface area contributed by atoms with Gasteiger partial charge in [-0.2, -0.15) is 0 Å². The lowest BCUT2D eigenvalue weighted by atomic mass is 9.83. The van der Waals surface area contributed by atoms with Gasteiger partial charge in [-0.1, -0.05) is 13.8 Å². The molecule has 2 fully saturated rings. The van der Waals surface area contributed by atoms with E-state index in [1.54, 1.807) is 4.31 Å². The number of sulfonamides is 1. The highest BCUT2D eigenvalue weighted by Crippen LogP contribution is 2.31. The van der Waals surface area contributed by atoms with E-state index in [4.69, 9.17) is 10.5 Å². The van der Waals surface area contributed by atoms with E-state index in [1.165, 1.54) is 0 Å². The second-order valence-corrected chi connectivity index (χ2v) is 8.97. The van der Waals surface area contributed by atoms with Crippen molar-refractivity contribution in [2.75, 3.05) is 32.1 Å². The van der Waals surface area contributed by atoms with E-state index in [2.05, 4.69) is 13.8 Å². The lowest BCUT2D eigenvalue weighted by Crippen LogP contribution is -2.47. The zero-order valence-corrected chi connectivity index (χ0v) is 13.5. The molecule has 2 saturated heterocycles. The molecule has 1 unspecified atom stereocenters. The standard InChI is InChI=1S/C14H28N2O3S/c1-14(2)5-7-16(8-6-14)20(17,18)11-13(15)12-3-9-19-10-4-12/h12-13H,3-11,15H2,1-2H3. The van der Waals surface area contributed by atoms with Crippen LogP contribution < -0.4 is 5.73 Å². The van der Waals surface area contributed by atoms with E-state index < -0.39 is 10.0 Å². The molecule has 2 aliphatic heterocycles. The molecule has 6 heteroatoms. The summed E-state index contributed by atoms with van der Waals surface area (Å²) >= 11 is 0. The van der Waals surface area contributed by atoms with E-state index in [9.17, 15) is 8.42 Å². The lowest BCUT2D eigenvalue weighted by Gasteiger charge is -2.37. The first-order valence-electron chi connectivity index (χ1n) is 7.61. The van der Waals surface area contributed by atoms with E-state index in [-0.39, 0.29) is 23.1 Å². The van der Waals surface area contributed by atoms with Gasteiger partial charge in [0.1, 0.15) is 0 Å². The van der Waals surface area contributed by atoms with Crippen molar-refractivity contribution in [2.24, 2.45) is 17.1 Å². The minimum Gasteiger partial charge on any atom is -0.381 e. The molecule has 2 heterocycles. The van der Waals surface area contributed by atoms with Crippen molar-refractivity contribution >= 4 is 10.0 Å². The molecule has 1 atom stereocenters. The average Bonchev–Trinajstić information content (AvgIpc) is 2.38. The van der Waals surface area contributed by atoms with Gasteiger partial charge in [-0.05, 0) is 37.0 Å². The maximum Gasteiger partial charge on any atom is 0.215 e. The Morgan fingerprint density at radius 1 is 1.25 bits per heavy atom. The van der Waals surface area contributed by atoms with Crippen LogP contribution in [0.2, 0.25) is 0 Å². The van der Waals surface area contributed by atoms with Crippen molar-refractivity contribution in [1.29, 1.82) is 0 Å². The molecular formula is C14H28N2O3S. The van der Waals surface area contributed by atoms with Crippen LogP contribution in [-0.4, -0.2) is 50.8 Å². The third kappa shape index (κ3) is 4.16. The van der Waals surface area contributed by atoms with Crippen LogP contribution in [0.25, 0.3) is 0 Å². The zero-order valence-electron chi connectivity index (χ0n) is 12.7. The summed E-state index contributed by atoms with van der Waals surface area (Å²) in [5, 5.41) is 0. The molecular weight excluding hydrogens is 276 g/mol. The van der Waals surface area contributed by atoms with Gasteiger partial charge in [-0.15, -0.1) is 0 Å². The van der Waals surface area contributed by atoms with Gasteiger partial charge in [-0.3, -0.25) is 0 Å². The Morgan fingerprint density at radius 2 is 1.80 bits per heavy atom. The zero-order chi connectivity index (χ0) is 14.8. The number of nitrogens with two attached hydrogens (primary N) is 1. The van der Waals surface area contributed by atoms with Crippen molar-refractivity contribution in [2.45, 2.75) is 45.6 Å². The first kappa shape index (κ1) is 16.2. The minimum absolute atomic E-state index is 0.0814. The predicted octanol–water partition coefficient (Wildman–Crippen LogP) is 1.19. The minimum atomic E-state index is -3.21. The first-order valence-corrected chi connectivity index (χ1v) is 9.22. The van der Waals surface area contributed by atoms with Gasteiger partial charge in [0.25, 0.3) is 0 Å². The van der Waals surface area contributed by atoms with Crippen molar-refractivity contribution < 1.29 is 13.2 Å². The van der Waals surface area contributed by atoms with Crippen molar-refractivity contribution in [3.8, 4) is 0 Å². The third-order valence-corrected chi connectivity index (χ3v) is 6.70. The molecule has 0 aromatic carbocycles. The van der Waals surface area contributed by atoms with Gasteiger partial charge in [0.15, 0.2) is 0 Å². The molecule has 0 aromatic heterocycles. The van der Waals surface area contributed by atoms with Gasteiger partial charge in [0, 0.05) is 32.3 Å². The van der Waals surface area contributed by atoms with Crippen LogP contribution in [-0.2, 0) is 14.8 Å². The molecule has 20 heavy (non-hydrogen) atoms. The SMILES string of the molecule is CC1(C)CCN(S(=O)(=O)CC(N)C2CCOCC2)CC1. The van der Waals surface area contributed by atoms with Gasteiger partial charge in [-0.25, -0.2) is 12.7 Å². The number of piperidine rings is 1. The fraction of sp³-hybridized carbons (Fsp3) is 1.00. The fourth-order valence-electron chi connectivity index (χ4n) is 3.00. The smallest absolute Gasteiger partial charge is 0.215 e. The maximum atomic E-state index is 12.5. The van der Waals surface area contributed by atoms with E-state index in [0.717, 1.165) is 25.7 Å². The van der Waals surface area contributed by atoms with Crippen LogP contribution in [0, 0.1) is 11.3 Å². The predicted molar refractivity (Wildman–Crippen MR) is 79.9 cm³/mol. The van der Waals surface area contributed by atoms with E-state index in [0.29, 0.717) is 26.3 Å². The van der Waals surface area contributed by atoms with Crippen LogP contribution in [0.15, 0.2) is 0 Å². The normalized spacial score (nSPS) is 27.4. The third-order valence-electron chi connectivity index (χ3n) is 4.74. The molecule has 2 aliphatic rings. The first-order chi connectivity index (χ1) is 9.30. The highest BCUT2D eigenvalue weighted by molar-refractivity contribution is 7.89. The quantitative estimate of drug-likeness (QED) is 0.847. The molecule has 0 aliphatic carbocycles. The molecule has 5 nitrogen and oxygen atoms in total. The Morgan fingerprint density at radius 3 is 2.35 bits per heavy atom. The molecule has 0 amide bonds. The number of nitrogens with zero attached hydrogens (tertiary/aromatic N) is 1. The Hall–Kier alpha value is -0.170. The largest absolute Gasteiger partial charge is 0.381 e. The van der Waals surface area contributed by atoms with Crippen LogP contribution >= 0.6 is 0 Å². The number of hydrogen-bond acceptors (Lipinski definition) is 4. The highest BCUT2D eigenvalue weighted by atomic mass is 32.2. The summed E-state index contributed by atoms with van der Waals surface area (Å²) in [5.41, 5.74) is 6.39. The van der Waals surface area contributed by atoms with Crippen LogP contribution in [0.3, 0.4) is 0 Å². The average molecular weight is 304 g/mol. The summed E-state index contributed by atoms with van der Waals surface area (Å²) < 4.78 is 31.9. The molecule has 118 valence electrons. The fourth-order valence-corrected chi connectivity index (χ4v) is 4.71. The Balaban J connectivity index is 1.90. The molecule has 0 spiro atoms. The van der Waals surface area contributed by atoms with Gasteiger partial charge in [0.05, 0.1) is 5.75 Å². The molecule has 0 radical (unpaired) electrons. The summed E-state index contributed by atoms with van der Waals surface area (Å²) in [6, 6.07) is -0.265. The topological polar surface area (TPSA) is 72.6 Å². The van der Waals surface area contributed by atoms with Gasteiger partial charge >= 0.3 is 0 Å².